The number of rotatable bonds is 5. The molecule has 0 aromatic heterocycles. The maximum atomic E-state index is 12.3. The second kappa shape index (κ2) is 7.70. The molecule has 1 unspecified atom stereocenters. The van der Waals surface area contributed by atoms with Crippen molar-refractivity contribution in [3.63, 3.8) is 0 Å². The van der Waals surface area contributed by atoms with E-state index in [0.717, 1.165) is 10.0 Å². The molecular formula is C19H19BrN2O3. The van der Waals surface area contributed by atoms with Gasteiger partial charge >= 0.3 is 0 Å². The Kier molecular flexibility index (Phi) is 5.38. The summed E-state index contributed by atoms with van der Waals surface area (Å²) in [5, 5.41) is 2.97. The summed E-state index contributed by atoms with van der Waals surface area (Å²) in [4.78, 5) is 26.0. The van der Waals surface area contributed by atoms with E-state index in [0.29, 0.717) is 18.0 Å². The van der Waals surface area contributed by atoms with E-state index < -0.39 is 0 Å². The molecule has 1 aliphatic heterocycles. The maximum Gasteiger partial charge on any atom is 0.265 e. The van der Waals surface area contributed by atoms with Gasteiger partial charge in [0.2, 0.25) is 5.91 Å². The van der Waals surface area contributed by atoms with Crippen molar-refractivity contribution in [3.8, 4) is 5.75 Å². The molecule has 0 fully saturated rings. The summed E-state index contributed by atoms with van der Waals surface area (Å²) in [6, 6.07) is 15.1. The molecule has 1 aliphatic rings. The molecule has 25 heavy (non-hydrogen) atoms. The molecule has 130 valence electrons. The molecule has 5 nitrogen and oxygen atoms in total. The van der Waals surface area contributed by atoms with Crippen LogP contribution in [0.4, 0.5) is 5.69 Å². The first-order valence-corrected chi connectivity index (χ1v) is 8.91. The van der Waals surface area contributed by atoms with Crippen molar-refractivity contribution in [2.75, 3.05) is 18.1 Å². The second-order valence-electron chi connectivity index (χ2n) is 5.89. The standard InChI is InChI=1S/C19H19BrN2O3/c1-13(14-6-8-15(20)9-7-14)21-18(23)10-11-22-16-4-2-3-5-17(16)25-12-19(22)24/h2-9,13H,10-12H2,1H3,(H,21,23). The molecule has 3 rings (SSSR count). The zero-order valence-electron chi connectivity index (χ0n) is 13.9. The monoisotopic (exact) mass is 402 g/mol. The van der Waals surface area contributed by atoms with Gasteiger partial charge in [-0.25, -0.2) is 0 Å². The molecule has 0 aliphatic carbocycles. The lowest BCUT2D eigenvalue weighted by Crippen LogP contribution is -2.41. The van der Waals surface area contributed by atoms with Crippen LogP contribution in [-0.2, 0) is 9.59 Å². The number of nitrogens with one attached hydrogen (secondary N) is 1. The Morgan fingerprint density at radius 1 is 1.24 bits per heavy atom. The van der Waals surface area contributed by atoms with E-state index in [1.807, 2.05) is 55.5 Å². The van der Waals surface area contributed by atoms with Crippen LogP contribution in [0.3, 0.4) is 0 Å². The highest BCUT2D eigenvalue weighted by Gasteiger charge is 2.25. The quantitative estimate of drug-likeness (QED) is 0.832. The number of hydrogen-bond donors (Lipinski definition) is 1. The lowest BCUT2D eigenvalue weighted by molar-refractivity contribution is -0.122. The number of ether oxygens (including phenoxy) is 1. The summed E-state index contributed by atoms with van der Waals surface area (Å²) in [6.07, 6.45) is 0.237. The van der Waals surface area contributed by atoms with Gasteiger partial charge < -0.3 is 15.0 Å². The van der Waals surface area contributed by atoms with Crippen molar-refractivity contribution in [2.24, 2.45) is 0 Å². The van der Waals surface area contributed by atoms with Crippen molar-refractivity contribution >= 4 is 33.4 Å². The Hall–Kier alpha value is -2.34. The number of anilines is 1. The van der Waals surface area contributed by atoms with Crippen molar-refractivity contribution < 1.29 is 14.3 Å². The fraction of sp³-hybridized carbons (Fsp3) is 0.263. The third kappa shape index (κ3) is 4.20. The van der Waals surface area contributed by atoms with Gasteiger partial charge in [0.1, 0.15) is 5.75 Å². The summed E-state index contributed by atoms with van der Waals surface area (Å²) < 4.78 is 6.41. The zero-order valence-corrected chi connectivity index (χ0v) is 15.5. The Balaban J connectivity index is 1.59. The van der Waals surface area contributed by atoms with Crippen LogP contribution in [0.1, 0.15) is 24.9 Å². The first kappa shape index (κ1) is 17.5. The number of halogens is 1. The maximum absolute atomic E-state index is 12.3. The Labute approximate surface area is 155 Å². The Morgan fingerprint density at radius 3 is 2.72 bits per heavy atom. The number of nitrogens with zero attached hydrogens (tertiary/aromatic N) is 1. The lowest BCUT2D eigenvalue weighted by Gasteiger charge is -2.29. The third-order valence-electron chi connectivity index (χ3n) is 4.12. The number of hydrogen-bond acceptors (Lipinski definition) is 3. The van der Waals surface area contributed by atoms with Crippen LogP contribution >= 0.6 is 15.9 Å². The zero-order chi connectivity index (χ0) is 17.8. The summed E-state index contributed by atoms with van der Waals surface area (Å²) in [6.45, 7) is 2.28. The molecule has 0 saturated heterocycles. The molecule has 0 bridgehead atoms. The predicted molar refractivity (Wildman–Crippen MR) is 99.6 cm³/mol. The number of carbonyl (C=O) groups excluding carboxylic acids is 2. The van der Waals surface area contributed by atoms with Crippen LogP contribution in [0.2, 0.25) is 0 Å². The fourth-order valence-electron chi connectivity index (χ4n) is 2.76. The molecule has 0 spiro atoms. The molecule has 0 radical (unpaired) electrons. The molecule has 1 N–H and O–H groups in total. The molecular weight excluding hydrogens is 384 g/mol. The first-order chi connectivity index (χ1) is 12.0. The van der Waals surface area contributed by atoms with E-state index in [9.17, 15) is 9.59 Å². The summed E-state index contributed by atoms with van der Waals surface area (Å²) in [5.74, 6) is 0.449. The van der Waals surface area contributed by atoms with Crippen LogP contribution in [0, 0.1) is 0 Å². The van der Waals surface area contributed by atoms with E-state index in [2.05, 4.69) is 21.2 Å². The van der Waals surface area contributed by atoms with Gasteiger partial charge in [0.25, 0.3) is 5.91 Å². The molecule has 2 aromatic rings. The molecule has 2 aromatic carbocycles. The van der Waals surface area contributed by atoms with E-state index in [1.54, 1.807) is 4.90 Å². The van der Waals surface area contributed by atoms with Gasteiger partial charge in [-0.3, -0.25) is 9.59 Å². The second-order valence-corrected chi connectivity index (χ2v) is 6.81. The number of carbonyl (C=O) groups is 2. The van der Waals surface area contributed by atoms with E-state index in [1.165, 1.54) is 0 Å². The van der Waals surface area contributed by atoms with Crippen molar-refractivity contribution in [2.45, 2.75) is 19.4 Å². The van der Waals surface area contributed by atoms with Crippen LogP contribution < -0.4 is 15.0 Å². The largest absolute Gasteiger partial charge is 0.482 e. The summed E-state index contributed by atoms with van der Waals surface area (Å²) >= 11 is 3.40. The van der Waals surface area contributed by atoms with Gasteiger partial charge in [-0.2, -0.15) is 0 Å². The first-order valence-electron chi connectivity index (χ1n) is 8.11. The highest BCUT2D eigenvalue weighted by molar-refractivity contribution is 9.10. The lowest BCUT2D eigenvalue weighted by atomic mass is 10.1. The van der Waals surface area contributed by atoms with Gasteiger partial charge in [0.05, 0.1) is 11.7 Å². The molecule has 6 heteroatoms. The van der Waals surface area contributed by atoms with E-state index in [4.69, 9.17) is 4.74 Å². The number of amides is 2. The van der Waals surface area contributed by atoms with Gasteiger partial charge in [0, 0.05) is 17.4 Å². The SMILES string of the molecule is CC(NC(=O)CCN1C(=O)COc2ccccc21)c1ccc(Br)cc1. The number of para-hydroxylation sites is 2. The average molecular weight is 403 g/mol. The van der Waals surface area contributed by atoms with Crippen LogP contribution in [-0.4, -0.2) is 25.0 Å². The molecule has 0 saturated carbocycles. The van der Waals surface area contributed by atoms with Gasteiger partial charge in [-0.1, -0.05) is 40.2 Å². The van der Waals surface area contributed by atoms with Gasteiger partial charge in [-0.05, 0) is 36.8 Å². The fourth-order valence-corrected chi connectivity index (χ4v) is 3.03. The Bertz CT molecular complexity index is 776. The third-order valence-corrected chi connectivity index (χ3v) is 4.65. The predicted octanol–water partition coefficient (Wildman–Crippen LogP) is 3.44. The van der Waals surface area contributed by atoms with Crippen molar-refractivity contribution in [1.29, 1.82) is 0 Å². The molecule has 1 atom stereocenters. The van der Waals surface area contributed by atoms with E-state index in [-0.39, 0.29) is 30.9 Å². The normalized spacial score (nSPS) is 14.5. The van der Waals surface area contributed by atoms with Crippen LogP contribution in [0.25, 0.3) is 0 Å². The minimum atomic E-state index is -0.132. The summed E-state index contributed by atoms with van der Waals surface area (Å²) in [7, 11) is 0. The number of fused-ring (bicyclic) bond motifs is 1. The number of benzene rings is 2. The average Bonchev–Trinajstić information content (AvgIpc) is 2.61. The minimum absolute atomic E-state index is 0.00787. The molecule has 2 amide bonds. The summed E-state index contributed by atoms with van der Waals surface area (Å²) in [5.41, 5.74) is 1.75. The highest BCUT2D eigenvalue weighted by Crippen LogP contribution is 2.31. The van der Waals surface area contributed by atoms with Crippen molar-refractivity contribution in [1.82, 2.24) is 5.32 Å². The molecule has 1 heterocycles. The minimum Gasteiger partial charge on any atom is -0.482 e. The Morgan fingerprint density at radius 2 is 1.96 bits per heavy atom. The van der Waals surface area contributed by atoms with Crippen LogP contribution in [0.5, 0.6) is 5.75 Å². The van der Waals surface area contributed by atoms with Crippen molar-refractivity contribution in [3.05, 3.63) is 58.6 Å². The van der Waals surface area contributed by atoms with E-state index >= 15 is 0 Å². The smallest absolute Gasteiger partial charge is 0.265 e. The van der Waals surface area contributed by atoms with Gasteiger partial charge in [-0.15, -0.1) is 0 Å². The topological polar surface area (TPSA) is 58.6 Å². The van der Waals surface area contributed by atoms with Crippen LogP contribution in [0.15, 0.2) is 53.0 Å². The van der Waals surface area contributed by atoms with Gasteiger partial charge in [0.15, 0.2) is 6.61 Å². The highest BCUT2D eigenvalue weighted by atomic mass is 79.9.